The number of carbonyl (C=O) groups is 3. The fourth-order valence-electron chi connectivity index (χ4n) is 3.58. The summed E-state index contributed by atoms with van der Waals surface area (Å²) in [5, 5.41) is 23.2. The molecule has 2 aromatic carbocycles. The summed E-state index contributed by atoms with van der Waals surface area (Å²) in [6.07, 6.45) is 2.80. The van der Waals surface area contributed by atoms with Crippen molar-refractivity contribution in [1.82, 2.24) is 0 Å². The van der Waals surface area contributed by atoms with E-state index in [-0.39, 0.29) is 11.5 Å². The van der Waals surface area contributed by atoms with Crippen LogP contribution in [-0.4, -0.2) is 28.1 Å². The van der Waals surface area contributed by atoms with Crippen molar-refractivity contribution in [2.75, 3.05) is 5.32 Å². The molecule has 0 fully saturated rings. The third kappa shape index (κ3) is 3.78. The normalized spacial score (nSPS) is 17.5. The number of carboxylic acids is 2. The van der Waals surface area contributed by atoms with E-state index in [1.54, 1.807) is 30.3 Å². The Hall–Kier alpha value is -3.26. The van der Waals surface area contributed by atoms with E-state index in [4.69, 9.17) is 5.11 Å². The van der Waals surface area contributed by atoms with E-state index in [9.17, 15) is 19.5 Å². The topological polar surface area (TPSA) is 116 Å². The SMILES string of the molecule is CCc1cc(Br)cc2c1=NC(C(=O)O)(c1cccc(NC(C)=O)c1)C=2C=CC(=O)O. The Balaban J connectivity index is 2.42. The molecular formula is C22H19BrN2O5. The number of carbonyl (C=O) groups excluding carboxylic acids is 1. The summed E-state index contributed by atoms with van der Waals surface area (Å²) in [5.74, 6) is -2.75. The molecule has 8 heteroatoms. The van der Waals surface area contributed by atoms with E-state index in [0.29, 0.717) is 28.2 Å². The monoisotopic (exact) mass is 470 g/mol. The third-order valence-electron chi connectivity index (χ3n) is 4.80. The maximum atomic E-state index is 12.7. The van der Waals surface area contributed by atoms with Gasteiger partial charge in [-0.25, -0.2) is 9.59 Å². The molecule has 0 saturated carbocycles. The molecule has 1 atom stereocenters. The molecule has 0 aromatic heterocycles. The summed E-state index contributed by atoms with van der Waals surface area (Å²) in [4.78, 5) is 40.0. The zero-order valence-corrected chi connectivity index (χ0v) is 17.9. The second-order valence-corrected chi connectivity index (χ2v) is 7.70. The molecule has 1 heterocycles. The molecule has 7 nitrogen and oxygen atoms in total. The van der Waals surface area contributed by atoms with Crippen molar-refractivity contribution in [3.05, 3.63) is 74.7 Å². The molecule has 1 unspecified atom stereocenters. The third-order valence-corrected chi connectivity index (χ3v) is 5.25. The van der Waals surface area contributed by atoms with Gasteiger partial charge in [0.15, 0.2) is 0 Å². The number of carboxylic acid groups (broad SMARTS) is 2. The minimum atomic E-state index is -1.85. The molecule has 1 amide bonds. The van der Waals surface area contributed by atoms with Gasteiger partial charge in [-0.1, -0.05) is 35.0 Å². The number of amides is 1. The Bertz CT molecular complexity index is 1220. The number of nitrogens with one attached hydrogen (secondary N) is 1. The standard InChI is InChI=1S/C22H19BrN2O5/c1-3-13-9-15(23)11-17-18(7-8-19(27)28)22(21(29)30,25-20(13)17)14-5-4-6-16(10-14)24-12(2)26/h4-11H,3H2,1-2H3,(H,24,26)(H,27,28)(H,29,30). The molecule has 1 aliphatic rings. The average Bonchev–Trinajstić information content (AvgIpc) is 3.00. The van der Waals surface area contributed by atoms with Gasteiger partial charge in [0.05, 0.1) is 5.36 Å². The molecule has 3 rings (SSSR count). The van der Waals surface area contributed by atoms with Gasteiger partial charge >= 0.3 is 11.9 Å². The molecular weight excluding hydrogens is 452 g/mol. The van der Waals surface area contributed by atoms with Crippen LogP contribution in [0.15, 0.2) is 58.0 Å². The molecule has 0 bridgehead atoms. The van der Waals surface area contributed by atoms with Crippen LogP contribution in [-0.2, 0) is 26.3 Å². The predicted octanol–water partition coefficient (Wildman–Crippen LogP) is 2.37. The van der Waals surface area contributed by atoms with Gasteiger partial charge in [0.2, 0.25) is 11.4 Å². The summed E-state index contributed by atoms with van der Waals surface area (Å²) < 4.78 is 0.739. The Morgan fingerprint density at radius 1 is 1.20 bits per heavy atom. The largest absolute Gasteiger partial charge is 0.479 e. The number of fused-ring (bicyclic) bond motifs is 1. The summed E-state index contributed by atoms with van der Waals surface area (Å²) in [6.45, 7) is 3.29. The van der Waals surface area contributed by atoms with Gasteiger partial charge in [-0.2, -0.15) is 0 Å². The number of benzene rings is 2. The summed E-state index contributed by atoms with van der Waals surface area (Å²) in [7, 11) is 0. The maximum Gasteiger partial charge on any atom is 0.341 e. The predicted molar refractivity (Wildman–Crippen MR) is 115 cm³/mol. The number of aryl methyl sites for hydroxylation is 1. The van der Waals surface area contributed by atoms with Gasteiger partial charge < -0.3 is 15.5 Å². The zero-order valence-electron chi connectivity index (χ0n) is 16.3. The first kappa shape index (κ1) is 21.4. The number of nitrogens with zero attached hydrogens (tertiary/aromatic N) is 1. The van der Waals surface area contributed by atoms with E-state index in [1.807, 2.05) is 13.0 Å². The number of aliphatic carboxylic acids is 2. The summed E-state index contributed by atoms with van der Waals surface area (Å²) in [6, 6.07) is 10.0. The van der Waals surface area contributed by atoms with Gasteiger partial charge in [-0.15, -0.1) is 0 Å². The van der Waals surface area contributed by atoms with E-state index in [1.165, 1.54) is 13.0 Å². The van der Waals surface area contributed by atoms with Crippen molar-refractivity contribution < 1.29 is 24.6 Å². The van der Waals surface area contributed by atoms with E-state index < -0.39 is 17.5 Å². The molecule has 0 aliphatic carbocycles. The van der Waals surface area contributed by atoms with Gasteiger partial charge in [0, 0.05) is 34.0 Å². The van der Waals surface area contributed by atoms with Gasteiger partial charge in [0.25, 0.3) is 0 Å². The first-order valence-corrected chi connectivity index (χ1v) is 9.94. The first-order valence-electron chi connectivity index (χ1n) is 9.14. The lowest BCUT2D eigenvalue weighted by Crippen LogP contribution is -2.34. The molecule has 30 heavy (non-hydrogen) atoms. The van der Waals surface area contributed by atoms with E-state index in [2.05, 4.69) is 26.2 Å². The number of rotatable bonds is 6. The minimum absolute atomic E-state index is 0.239. The highest BCUT2D eigenvalue weighted by atomic mass is 79.9. The highest BCUT2D eigenvalue weighted by molar-refractivity contribution is 9.10. The fraction of sp³-hybridized carbons (Fsp3) is 0.182. The second-order valence-electron chi connectivity index (χ2n) is 6.79. The Kier molecular flexibility index (Phi) is 5.89. The Morgan fingerprint density at radius 2 is 1.93 bits per heavy atom. The first-order chi connectivity index (χ1) is 14.2. The lowest BCUT2D eigenvalue weighted by atomic mass is 9.82. The van der Waals surface area contributed by atoms with Crippen molar-refractivity contribution in [2.45, 2.75) is 25.8 Å². The number of hydrogen-bond donors (Lipinski definition) is 3. The van der Waals surface area contributed by atoms with Crippen molar-refractivity contribution >= 4 is 45.0 Å². The van der Waals surface area contributed by atoms with Crippen molar-refractivity contribution in [1.29, 1.82) is 0 Å². The van der Waals surface area contributed by atoms with Crippen LogP contribution >= 0.6 is 15.9 Å². The lowest BCUT2D eigenvalue weighted by molar-refractivity contribution is -0.141. The van der Waals surface area contributed by atoms with Gasteiger partial charge in [-0.05, 0) is 47.9 Å². The molecule has 0 radical (unpaired) electrons. The zero-order chi connectivity index (χ0) is 22.1. The van der Waals surface area contributed by atoms with Crippen LogP contribution in [0.1, 0.15) is 25.0 Å². The Morgan fingerprint density at radius 3 is 2.53 bits per heavy atom. The smallest absolute Gasteiger partial charge is 0.341 e. The molecule has 0 saturated heterocycles. The average molecular weight is 471 g/mol. The van der Waals surface area contributed by atoms with Crippen LogP contribution in [0.5, 0.6) is 0 Å². The lowest BCUT2D eigenvalue weighted by Gasteiger charge is -2.25. The quantitative estimate of drug-likeness (QED) is 0.560. The second kappa shape index (κ2) is 8.23. The molecule has 154 valence electrons. The number of halogens is 1. The van der Waals surface area contributed by atoms with Crippen molar-refractivity contribution in [3.8, 4) is 0 Å². The van der Waals surface area contributed by atoms with E-state index in [0.717, 1.165) is 16.1 Å². The van der Waals surface area contributed by atoms with Crippen LogP contribution in [0.25, 0.3) is 5.57 Å². The molecule has 1 aliphatic heterocycles. The summed E-state index contributed by atoms with van der Waals surface area (Å²) >= 11 is 3.44. The van der Waals surface area contributed by atoms with Crippen LogP contribution in [0, 0.1) is 0 Å². The molecule has 3 N–H and O–H groups in total. The van der Waals surface area contributed by atoms with Crippen LogP contribution in [0.2, 0.25) is 0 Å². The highest BCUT2D eigenvalue weighted by Crippen LogP contribution is 2.38. The maximum absolute atomic E-state index is 12.7. The van der Waals surface area contributed by atoms with Crippen molar-refractivity contribution in [3.63, 3.8) is 0 Å². The number of anilines is 1. The van der Waals surface area contributed by atoms with E-state index >= 15 is 0 Å². The van der Waals surface area contributed by atoms with Gasteiger partial charge in [-0.3, -0.25) is 9.79 Å². The molecule has 0 spiro atoms. The molecule has 2 aromatic rings. The fourth-order valence-corrected chi connectivity index (χ4v) is 4.09. The van der Waals surface area contributed by atoms with Crippen LogP contribution in [0.4, 0.5) is 5.69 Å². The van der Waals surface area contributed by atoms with Crippen molar-refractivity contribution in [2.24, 2.45) is 4.99 Å². The number of hydrogen-bond acceptors (Lipinski definition) is 4. The highest BCUT2D eigenvalue weighted by Gasteiger charge is 2.46. The Labute approximate surface area is 180 Å². The van der Waals surface area contributed by atoms with Crippen LogP contribution < -0.4 is 15.9 Å². The van der Waals surface area contributed by atoms with Gasteiger partial charge in [0.1, 0.15) is 0 Å². The van der Waals surface area contributed by atoms with Crippen LogP contribution in [0.3, 0.4) is 0 Å². The summed E-state index contributed by atoms with van der Waals surface area (Å²) in [5.41, 5.74) is -0.0518. The minimum Gasteiger partial charge on any atom is -0.479 e.